The van der Waals surface area contributed by atoms with Gasteiger partial charge in [-0.1, -0.05) is 6.07 Å². The number of aromatic nitrogens is 1. The summed E-state index contributed by atoms with van der Waals surface area (Å²) >= 11 is 0. The fraction of sp³-hybridized carbons (Fsp3) is 0.417. The molecule has 2 aliphatic heterocycles. The molecule has 4 rings (SSSR count). The fourth-order valence-electron chi connectivity index (χ4n) is 4.38. The Hall–Kier alpha value is -3.44. The van der Waals surface area contributed by atoms with Crippen LogP contribution in [0.25, 0.3) is 0 Å². The van der Waals surface area contributed by atoms with Gasteiger partial charge in [-0.3, -0.25) is 4.79 Å². The van der Waals surface area contributed by atoms with Crippen LogP contribution in [0.1, 0.15) is 42.5 Å². The second kappa shape index (κ2) is 8.97. The Morgan fingerprint density at radius 1 is 1.31 bits per heavy atom. The Bertz CT molecular complexity index is 1160. The number of pyridine rings is 1. The Kier molecular flexibility index (Phi) is 6.10. The van der Waals surface area contributed by atoms with Crippen molar-refractivity contribution in [3.05, 3.63) is 62.9 Å². The molecule has 1 aromatic carbocycles. The molecule has 0 unspecified atom stereocenters. The van der Waals surface area contributed by atoms with Gasteiger partial charge in [0.25, 0.3) is 5.56 Å². The number of nitriles is 1. The molecule has 2 aliphatic rings. The first kappa shape index (κ1) is 21.8. The minimum atomic E-state index is -0.683. The average molecular weight is 437 g/mol. The van der Waals surface area contributed by atoms with Gasteiger partial charge in [0.2, 0.25) is 5.88 Å². The standard InChI is InChI=1S/C24H27N3O5/c1-4-30-18-8-7-15(11-19(18)29-3)21-17(12-25)23(26)32-20-10-14(2)27(24(28)22(20)21)13-16-6-5-9-31-16/h7-8,10-11,16,21H,4-6,9,13,26H2,1-3H3/t16-,21-/m1/s1. The fourth-order valence-corrected chi connectivity index (χ4v) is 4.38. The number of allylic oxidation sites excluding steroid dienone is 1. The largest absolute Gasteiger partial charge is 0.493 e. The van der Waals surface area contributed by atoms with Gasteiger partial charge in [-0.05, 0) is 44.4 Å². The van der Waals surface area contributed by atoms with Gasteiger partial charge < -0.3 is 29.2 Å². The molecular weight excluding hydrogens is 410 g/mol. The van der Waals surface area contributed by atoms with Crippen molar-refractivity contribution in [3.8, 4) is 23.3 Å². The summed E-state index contributed by atoms with van der Waals surface area (Å²) in [7, 11) is 1.55. The Labute approximate surface area is 186 Å². The van der Waals surface area contributed by atoms with Crippen LogP contribution in [-0.2, 0) is 11.3 Å². The van der Waals surface area contributed by atoms with Crippen molar-refractivity contribution in [3.63, 3.8) is 0 Å². The molecule has 8 heteroatoms. The van der Waals surface area contributed by atoms with E-state index in [1.807, 2.05) is 19.9 Å². The molecule has 32 heavy (non-hydrogen) atoms. The van der Waals surface area contributed by atoms with E-state index in [2.05, 4.69) is 6.07 Å². The number of rotatable bonds is 6. The van der Waals surface area contributed by atoms with Crippen molar-refractivity contribution >= 4 is 0 Å². The van der Waals surface area contributed by atoms with E-state index < -0.39 is 5.92 Å². The minimum absolute atomic E-state index is 0.00553. The molecule has 168 valence electrons. The number of methoxy groups -OCH3 is 1. The van der Waals surface area contributed by atoms with E-state index in [-0.39, 0.29) is 23.1 Å². The first-order valence-electron chi connectivity index (χ1n) is 10.7. The van der Waals surface area contributed by atoms with Crippen LogP contribution in [0.3, 0.4) is 0 Å². The first-order chi connectivity index (χ1) is 15.5. The summed E-state index contributed by atoms with van der Waals surface area (Å²) in [5.74, 6) is 0.775. The molecule has 0 saturated carbocycles. The monoisotopic (exact) mass is 437 g/mol. The second-order valence-electron chi connectivity index (χ2n) is 7.88. The smallest absolute Gasteiger partial charge is 0.258 e. The zero-order valence-electron chi connectivity index (χ0n) is 18.5. The number of aryl methyl sites for hydroxylation is 1. The average Bonchev–Trinajstić information content (AvgIpc) is 3.29. The van der Waals surface area contributed by atoms with E-state index in [0.29, 0.717) is 48.1 Å². The van der Waals surface area contributed by atoms with Gasteiger partial charge in [0.15, 0.2) is 11.5 Å². The molecular formula is C24H27N3O5. The van der Waals surface area contributed by atoms with Crippen LogP contribution in [0.15, 0.2) is 40.5 Å². The Balaban J connectivity index is 1.88. The summed E-state index contributed by atoms with van der Waals surface area (Å²) in [6.45, 7) is 5.39. The molecule has 1 saturated heterocycles. The molecule has 8 nitrogen and oxygen atoms in total. The summed E-state index contributed by atoms with van der Waals surface area (Å²) in [4.78, 5) is 13.7. The van der Waals surface area contributed by atoms with E-state index in [0.717, 1.165) is 18.5 Å². The molecule has 1 aromatic heterocycles. The van der Waals surface area contributed by atoms with Gasteiger partial charge in [0.05, 0.1) is 37.8 Å². The van der Waals surface area contributed by atoms with Crippen LogP contribution in [0.2, 0.25) is 0 Å². The second-order valence-corrected chi connectivity index (χ2v) is 7.88. The summed E-state index contributed by atoms with van der Waals surface area (Å²) in [5, 5.41) is 9.88. The maximum Gasteiger partial charge on any atom is 0.258 e. The number of ether oxygens (including phenoxy) is 4. The topological polar surface area (TPSA) is 109 Å². The van der Waals surface area contributed by atoms with E-state index in [1.54, 1.807) is 29.9 Å². The van der Waals surface area contributed by atoms with Crippen molar-refractivity contribution < 1.29 is 18.9 Å². The maximum atomic E-state index is 13.7. The third-order valence-corrected chi connectivity index (χ3v) is 5.92. The quantitative estimate of drug-likeness (QED) is 0.740. The number of fused-ring (bicyclic) bond motifs is 1. The predicted molar refractivity (Wildman–Crippen MR) is 118 cm³/mol. The van der Waals surface area contributed by atoms with Gasteiger partial charge in [0, 0.05) is 18.4 Å². The summed E-state index contributed by atoms with van der Waals surface area (Å²) in [6.07, 6.45) is 1.89. The van der Waals surface area contributed by atoms with E-state index in [4.69, 9.17) is 24.7 Å². The van der Waals surface area contributed by atoms with Crippen molar-refractivity contribution in [1.29, 1.82) is 5.26 Å². The van der Waals surface area contributed by atoms with Crippen molar-refractivity contribution in [2.45, 2.75) is 45.3 Å². The highest BCUT2D eigenvalue weighted by molar-refractivity contribution is 5.57. The van der Waals surface area contributed by atoms with Crippen LogP contribution in [0, 0.1) is 18.3 Å². The number of hydrogen-bond acceptors (Lipinski definition) is 7. The molecule has 0 bridgehead atoms. The number of nitrogens with zero attached hydrogens (tertiary/aromatic N) is 2. The summed E-state index contributed by atoms with van der Waals surface area (Å²) < 4.78 is 24.3. The lowest BCUT2D eigenvalue weighted by Gasteiger charge is -2.28. The predicted octanol–water partition coefficient (Wildman–Crippen LogP) is 2.96. The van der Waals surface area contributed by atoms with Crippen LogP contribution >= 0.6 is 0 Å². The van der Waals surface area contributed by atoms with Crippen molar-refractivity contribution in [1.82, 2.24) is 4.57 Å². The highest BCUT2D eigenvalue weighted by atomic mass is 16.5. The third kappa shape index (κ3) is 3.80. The van der Waals surface area contributed by atoms with E-state index in [9.17, 15) is 10.1 Å². The normalized spacial score (nSPS) is 19.8. The highest BCUT2D eigenvalue weighted by Gasteiger charge is 2.35. The molecule has 2 aromatic rings. The van der Waals surface area contributed by atoms with Gasteiger partial charge in [-0.2, -0.15) is 5.26 Å². The molecule has 0 aliphatic carbocycles. The van der Waals surface area contributed by atoms with Crippen LogP contribution in [0.5, 0.6) is 17.2 Å². The number of benzene rings is 1. The Morgan fingerprint density at radius 2 is 2.12 bits per heavy atom. The maximum absolute atomic E-state index is 13.7. The molecule has 3 heterocycles. The highest BCUT2D eigenvalue weighted by Crippen LogP contribution is 2.42. The van der Waals surface area contributed by atoms with Gasteiger partial charge >= 0.3 is 0 Å². The zero-order valence-corrected chi connectivity index (χ0v) is 18.5. The summed E-state index contributed by atoms with van der Waals surface area (Å²) in [6, 6.07) is 9.31. The number of nitrogens with two attached hydrogens (primary N) is 1. The van der Waals surface area contributed by atoms with Crippen LogP contribution in [-0.4, -0.2) is 31.0 Å². The molecule has 0 spiro atoms. The molecule has 0 radical (unpaired) electrons. The van der Waals surface area contributed by atoms with Gasteiger partial charge in [-0.15, -0.1) is 0 Å². The SMILES string of the molecule is CCOc1ccc([C@@H]2C(C#N)=C(N)Oc3cc(C)n(C[C@H]4CCCO4)c(=O)c32)cc1OC. The minimum Gasteiger partial charge on any atom is -0.493 e. The van der Waals surface area contributed by atoms with Gasteiger partial charge in [0.1, 0.15) is 17.4 Å². The van der Waals surface area contributed by atoms with Gasteiger partial charge in [-0.25, -0.2) is 0 Å². The zero-order chi connectivity index (χ0) is 22.8. The molecule has 0 amide bonds. The van der Waals surface area contributed by atoms with E-state index in [1.165, 1.54) is 0 Å². The lowest BCUT2D eigenvalue weighted by molar-refractivity contribution is 0.0955. The molecule has 1 fully saturated rings. The van der Waals surface area contributed by atoms with E-state index >= 15 is 0 Å². The first-order valence-corrected chi connectivity index (χ1v) is 10.7. The van der Waals surface area contributed by atoms with Crippen LogP contribution in [0.4, 0.5) is 0 Å². The van der Waals surface area contributed by atoms with Crippen molar-refractivity contribution in [2.75, 3.05) is 20.3 Å². The molecule has 2 N–H and O–H groups in total. The van der Waals surface area contributed by atoms with Crippen LogP contribution < -0.4 is 25.5 Å². The number of hydrogen-bond donors (Lipinski definition) is 1. The van der Waals surface area contributed by atoms with Crippen molar-refractivity contribution in [2.24, 2.45) is 5.73 Å². The lowest BCUT2D eigenvalue weighted by atomic mass is 9.84. The summed E-state index contributed by atoms with van der Waals surface area (Å²) in [5.41, 5.74) is 7.90. The molecule has 2 atom stereocenters. The lowest BCUT2D eigenvalue weighted by Crippen LogP contribution is -2.35. The third-order valence-electron chi connectivity index (χ3n) is 5.92. The Morgan fingerprint density at radius 3 is 2.78 bits per heavy atom.